The molecule has 0 unspecified atom stereocenters. The summed E-state index contributed by atoms with van der Waals surface area (Å²) in [4.78, 5) is 24.0. The summed E-state index contributed by atoms with van der Waals surface area (Å²) in [6.07, 6.45) is 1.43. The second kappa shape index (κ2) is 3.92. The molecule has 5 heteroatoms. The van der Waals surface area contributed by atoms with Gasteiger partial charge >= 0.3 is 0 Å². The van der Waals surface area contributed by atoms with E-state index in [0.29, 0.717) is 16.5 Å². The molecule has 0 aliphatic heterocycles. The van der Waals surface area contributed by atoms with Gasteiger partial charge in [-0.25, -0.2) is 4.79 Å². The van der Waals surface area contributed by atoms with Gasteiger partial charge < -0.3 is 0 Å². The Morgan fingerprint density at radius 1 is 1.12 bits per heavy atom. The van der Waals surface area contributed by atoms with Crippen LogP contribution in [0.5, 0.6) is 0 Å². The zero-order valence-corrected chi connectivity index (χ0v) is 8.08. The van der Waals surface area contributed by atoms with Crippen LogP contribution in [0.25, 0.3) is 10.8 Å². The summed E-state index contributed by atoms with van der Waals surface area (Å²) >= 11 is 0. The molecule has 0 aromatic heterocycles. The van der Waals surface area contributed by atoms with Gasteiger partial charge in [0.2, 0.25) is 6.08 Å². The molecule has 0 spiro atoms. The van der Waals surface area contributed by atoms with Crippen molar-refractivity contribution in [1.82, 2.24) is 0 Å². The van der Waals surface area contributed by atoms with Crippen LogP contribution in [-0.4, -0.2) is 11.0 Å². The number of nitrogens with zero attached hydrogens (tertiary/aromatic N) is 2. The van der Waals surface area contributed by atoms with Gasteiger partial charge in [0.1, 0.15) is 0 Å². The first-order valence-corrected chi connectivity index (χ1v) is 4.48. The van der Waals surface area contributed by atoms with Crippen LogP contribution in [0.15, 0.2) is 41.4 Å². The molecule has 0 saturated carbocycles. The number of rotatable bonds is 2. The molecule has 0 amide bonds. The Labute approximate surface area is 90.2 Å². The lowest BCUT2D eigenvalue weighted by atomic mass is 10.1. The van der Waals surface area contributed by atoms with E-state index in [2.05, 4.69) is 4.99 Å². The average Bonchev–Trinajstić information content (AvgIpc) is 2.29. The third kappa shape index (κ3) is 1.55. The molecule has 0 atom stereocenters. The van der Waals surface area contributed by atoms with E-state index < -0.39 is 4.92 Å². The van der Waals surface area contributed by atoms with Gasteiger partial charge in [0.05, 0.1) is 16.0 Å². The maximum Gasteiger partial charge on any atom is 0.277 e. The molecule has 5 nitrogen and oxygen atoms in total. The number of hydrogen-bond acceptors (Lipinski definition) is 4. The summed E-state index contributed by atoms with van der Waals surface area (Å²) in [5.41, 5.74) is 0.386. The molecule has 78 valence electrons. The lowest BCUT2D eigenvalue weighted by Gasteiger charge is -2.01. The molecule has 2 rings (SSSR count). The number of hydrogen-bond donors (Lipinski definition) is 0. The second-order valence-corrected chi connectivity index (χ2v) is 3.11. The molecule has 0 heterocycles. The highest BCUT2D eigenvalue weighted by Gasteiger charge is 2.13. The summed E-state index contributed by atoms with van der Waals surface area (Å²) in [5, 5.41) is 11.8. The third-order valence-corrected chi connectivity index (χ3v) is 2.24. The summed E-state index contributed by atoms with van der Waals surface area (Å²) in [6, 6.07) is 9.50. The first-order chi connectivity index (χ1) is 7.74. The zero-order valence-electron chi connectivity index (χ0n) is 8.08. The van der Waals surface area contributed by atoms with Gasteiger partial charge in [-0.3, -0.25) is 10.1 Å². The van der Waals surface area contributed by atoms with Gasteiger partial charge in [-0.15, -0.1) is 0 Å². The highest BCUT2D eigenvalue weighted by atomic mass is 16.6. The highest BCUT2D eigenvalue weighted by molar-refractivity contribution is 5.99. The summed E-state index contributed by atoms with van der Waals surface area (Å²) in [7, 11) is 0. The average molecular weight is 214 g/mol. The van der Waals surface area contributed by atoms with Gasteiger partial charge in [-0.1, -0.05) is 18.2 Å². The van der Waals surface area contributed by atoms with Crippen LogP contribution in [0.1, 0.15) is 0 Å². The van der Waals surface area contributed by atoms with Crippen molar-refractivity contribution in [3.63, 3.8) is 0 Å². The fourth-order valence-corrected chi connectivity index (χ4v) is 1.57. The standard InChI is InChI=1S/C11H6N2O3/c14-7-12-10-5-6-11(13(15)16)9-4-2-1-3-8(9)10/h1-6H. The van der Waals surface area contributed by atoms with Crippen molar-refractivity contribution in [3.8, 4) is 0 Å². The van der Waals surface area contributed by atoms with Crippen LogP contribution in [0.3, 0.4) is 0 Å². The molecule has 0 radical (unpaired) electrons. The first-order valence-electron chi connectivity index (χ1n) is 4.48. The lowest BCUT2D eigenvalue weighted by molar-refractivity contribution is -0.383. The Bertz CT molecular complexity index is 575. The number of aliphatic imine (C=N–C) groups is 1. The van der Waals surface area contributed by atoms with Crippen molar-refractivity contribution >= 4 is 28.2 Å². The van der Waals surface area contributed by atoms with E-state index in [-0.39, 0.29) is 5.69 Å². The predicted octanol–water partition coefficient (Wildman–Crippen LogP) is 2.72. The Morgan fingerprint density at radius 2 is 1.81 bits per heavy atom. The van der Waals surface area contributed by atoms with Crippen LogP contribution in [0, 0.1) is 10.1 Å². The molecular weight excluding hydrogens is 208 g/mol. The molecule has 0 fully saturated rings. The van der Waals surface area contributed by atoms with Crippen LogP contribution < -0.4 is 0 Å². The van der Waals surface area contributed by atoms with E-state index in [1.807, 2.05) is 0 Å². The Balaban J connectivity index is 2.87. The van der Waals surface area contributed by atoms with Crippen molar-refractivity contribution < 1.29 is 9.72 Å². The zero-order chi connectivity index (χ0) is 11.5. The van der Waals surface area contributed by atoms with Gasteiger partial charge in [-0.05, 0) is 12.1 Å². The number of isocyanates is 1. The van der Waals surface area contributed by atoms with E-state index in [1.54, 1.807) is 24.3 Å². The predicted molar refractivity (Wildman–Crippen MR) is 58.4 cm³/mol. The minimum absolute atomic E-state index is 0.000416. The normalized spacial score (nSPS) is 9.75. The molecule has 0 aliphatic rings. The van der Waals surface area contributed by atoms with Crippen LogP contribution in [0.2, 0.25) is 0 Å². The molecular formula is C11H6N2O3. The molecule has 2 aromatic rings. The Morgan fingerprint density at radius 3 is 2.44 bits per heavy atom. The van der Waals surface area contributed by atoms with Crippen molar-refractivity contribution in [2.75, 3.05) is 0 Å². The molecule has 16 heavy (non-hydrogen) atoms. The first kappa shape index (κ1) is 10.0. The Hall–Kier alpha value is -2.52. The van der Waals surface area contributed by atoms with E-state index in [1.165, 1.54) is 18.2 Å². The van der Waals surface area contributed by atoms with Crippen molar-refractivity contribution in [2.45, 2.75) is 0 Å². The van der Waals surface area contributed by atoms with E-state index in [9.17, 15) is 14.9 Å². The van der Waals surface area contributed by atoms with E-state index >= 15 is 0 Å². The van der Waals surface area contributed by atoms with Crippen LogP contribution in [0.4, 0.5) is 11.4 Å². The smallest absolute Gasteiger partial charge is 0.258 e. The fraction of sp³-hybridized carbons (Fsp3) is 0. The third-order valence-electron chi connectivity index (χ3n) is 2.24. The Kier molecular flexibility index (Phi) is 2.45. The highest BCUT2D eigenvalue weighted by Crippen LogP contribution is 2.32. The summed E-state index contributed by atoms with van der Waals surface area (Å²) in [6.45, 7) is 0. The molecule has 0 saturated heterocycles. The number of carbonyl (C=O) groups excluding carboxylic acids is 1. The van der Waals surface area contributed by atoms with Crippen molar-refractivity contribution in [2.24, 2.45) is 4.99 Å². The van der Waals surface area contributed by atoms with E-state index in [0.717, 1.165) is 0 Å². The van der Waals surface area contributed by atoms with Gasteiger partial charge in [0, 0.05) is 11.5 Å². The number of benzene rings is 2. The maximum atomic E-state index is 10.8. The monoisotopic (exact) mass is 214 g/mol. The summed E-state index contributed by atoms with van der Waals surface area (Å²) < 4.78 is 0. The fourth-order valence-electron chi connectivity index (χ4n) is 1.57. The molecule has 0 N–H and O–H groups in total. The maximum absolute atomic E-state index is 10.8. The van der Waals surface area contributed by atoms with Crippen LogP contribution in [-0.2, 0) is 4.79 Å². The van der Waals surface area contributed by atoms with Gasteiger partial charge in [-0.2, -0.15) is 4.99 Å². The minimum Gasteiger partial charge on any atom is -0.258 e. The molecule has 0 bridgehead atoms. The molecule has 0 aliphatic carbocycles. The van der Waals surface area contributed by atoms with Gasteiger partial charge in [0.25, 0.3) is 5.69 Å². The lowest BCUT2D eigenvalue weighted by Crippen LogP contribution is -1.89. The van der Waals surface area contributed by atoms with Gasteiger partial charge in [0.15, 0.2) is 0 Å². The number of fused-ring (bicyclic) bond motifs is 1. The number of nitro groups is 1. The van der Waals surface area contributed by atoms with E-state index in [4.69, 9.17) is 0 Å². The SMILES string of the molecule is O=C=Nc1ccc([N+](=O)[O-])c2ccccc12. The minimum atomic E-state index is -0.462. The largest absolute Gasteiger partial charge is 0.277 e. The number of non-ortho nitro benzene ring substituents is 1. The summed E-state index contributed by atoms with van der Waals surface area (Å²) in [5.74, 6) is 0. The number of nitro benzene ring substituents is 1. The topological polar surface area (TPSA) is 72.6 Å². The van der Waals surface area contributed by atoms with Crippen molar-refractivity contribution in [1.29, 1.82) is 0 Å². The second-order valence-electron chi connectivity index (χ2n) is 3.11. The van der Waals surface area contributed by atoms with Crippen molar-refractivity contribution in [3.05, 3.63) is 46.5 Å². The van der Waals surface area contributed by atoms with Crippen LogP contribution >= 0.6 is 0 Å². The quantitative estimate of drug-likeness (QED) is 0.334. The molecule has 2 aromatic carbocycles.